The highest BCUT2D eigenvalue weighted by Crippen LogP contribution is 1.87. The first-order valence-corrected chi connectivity index (χ1v) is 5.21. The van der Waals surface area contributed by atoms with E-state index in [0.717, 1.165) is 0 Å². The minimum Gasteiger partial charge on any atom is -0.466 e. The normalized spacial score (nSPS) is 9.18. The molecule has 0 bridgehead atoms. The average molecular weight is 250 g/mol. The minimum absolute atomic E-state index is 0.0417. The molecule has 0 unspecified atom stereocenters. The van der Waals surface area contributed by atoms with Crippen LogP contribution in [0.25, 0.3) is 0 Å². The van der Waals surface area contributed by atoms with Crippen LogP contribution in [-0.4, -0.2) is 62.9 Å². The molecule has 2 N–H and O–H groups in total. The summed E-state index contributed by atoms with van der Waals surface area (Å²) in [6.07, 6.45) is 0. The molecule has 0 heterocycles. The number of hydrogen-bond donors (Lipinski definition) is 2. The summed E-state index contributed by atoms with van der Waals surface area (Å²) in [6, 6.07) is 0. The summed E-state index contributed by atoms with van der Waals surface area (Å²) >= 11 is 0. The van der Waals surface area contributed by atoms with Gasteiger partial charge in [-0.1, -0.05) is 6.58 Å². The van der Waals surface area contributed by atoms with Crippen molar-refractivity contribution < 1.29 is 29.2 Å². The van der Waals surface area contributed by atoms with Crippen molar-refractivity contribution in [2.75, 3.05) is 46.8 Å². The van der Waals surface area contributed by atoms with Gasteiger partial charge in [0.15, 0.2) is 0 Å². The molecule has 0 aliphatic heterocycles. The molecule has 0 aromatic carbocycles. The Bertz CT molecular complexity index is 184. The second-order valence-electron chi connectivity index (χ2n) is 2.94. The Balaban J connectivity index is 0. The Kier molecular flexibility index (Phi) is 16.3. The van der Waals surface area contributed by atoms with Crippen LogP contribution in [-0.2, 0) is 19.0 Å². The van der Waals surface area contributed by atoms with Gasteiger partial charge < -0.3 is 24.4 Å². The third kappa shape index (κ3) is 17.7. The van der Waals surface area contributed by atoms with Crippen LogP contribution in [0.4, 0.5) is 0 Å². The van der Waals surface area contributed by atoms with E-state index < -0.39 is 0 Å². The van der Waals surface area contributed by atoms with E-state index in [1.165, 1.54) is 7.11 Å². The molecule has 0 atom stereocenters. The molecule has 6 nitrogen and oxygen atoms in total. The molecule has 0 rings (SSSR count). The number of aliphatic hydroxyl groups is 2. The van der Waals surface area contributed by atoms with Crippen LogP contribution >= 0.6 is 0 Å². The van der Waals surface area contributed by atoms with Crippen LogP contribution in [0.3, 0.4) is 0 Å². The van der Waals surface area contributed by atoms with Gasteiger partial charge in [0.1, 0.15) is 0 Å². The Morgan fingerprint density at radius 1 is 1.06 bits per heavy atom. The Morgan fingerprint density at radius 2 is 1.47 bits per heavy atom. The molecule has 0 fully saturated rings. The number of carbonyl (C=O) groups excluding carboxylic acids is 1. The zero-order valence-electron chi connectivity index (χ0n) is 10.5. The molecule has 17 heavy (non-hydrogen) atoms. The highest BCUT2D eigenvalue weighted by Gasteiger charge is 1.95. The maximum atomic E-state index is 10.2. The van der Waals surface area contributed by atoms with Crippen LogP contribution in [0, 0.1) is 0 Å². The lowest BCUT2D eigenvalue weighted by Gasteiger charge is -2.01. The van der Waals surface area contributed by atoms with Gasteiger partial charge in [-0.05, 0) is 6.92 Å². The lowest BCUT2D eigenvalue weighted by Crippen LogP contribution is -2.09. The maximum Gasteiger partial charge on any atom is 0.332 e. The molecule has 0 radical (unpaired) electrons. The van der Waals surface area contributed by atoms with Gasteiger partial charge in [0.2, 0.25) is 0 Å². The van der Waals surface area contributed by atoms with Crippen molar-refractivity contribution in [1.29, 1.82) is 0 Å². The number of methoxy groups -OCH3 is 1. The summed E-state index contributed by atoms with van der Waals surface area (Å²) < 4.78 is 14.0. The van der Waals surface area contributed by atoms with E-state index in [1.807, 2.05) is 0 Å². The first-order valence-electron chi connectivity index (χ1n) is 5.21. The van der Waals surface area contributed by atoms with E-state index in [-0.39, 0.29) is 19.2 Å². The average Bonchev–Trinajstić information content (AvgIpc) is 2.33. The molecular weight excluding hydrogens is 228 g/mol. The molecule has 102 valence electrons. The largest absolute Gasteiger partial charge is 0.466 e. The summed E-state index contributed by atoms with van der Waals surface area (Å²) in [6.45, 7) is 6.68. The fourth-order valence-electron chi connectivity index (χ4n) is 0.625. The fourth-order valence-corrected chi connectivity index (χ4v) is 0.625. The lowest BCUT2D eigenvalue weighted by molar-refractivity contribution is -0.136. The van der Waals surface area contributed by atoms with Crippen LogP contribution in [0.5, 0.6) is 0 Å². The SMILES string of the molecule is C=C(C)C(=O)OC.OCCOCCOCCO. The van der Waals surface area contributed by atoms with E-state index in [2.05, 4.69) is 11.3 Å². The highest BCUT2D eigenvalue weighted by molar-refractivity contribution is 5.86. The summed E-state index contributed by atoms with van der Waals surface area (Å²) in [4.78, 5) is 10.2. The van der Waals surface area contributed by atoms with Crippen molar-refractivity contribution >= 4 is 5.97 Å². The summed E-state index contributed by atoms with van der Waals surface area (Å²) in [5.41, 5.74) is 0.433. The van der Waals surface area contributed by atoms with Crippen molar-refractivity contribution in [1.82, 2.24) is 0 Å². The van der Waals surface area contributed by atoms with Gasteiger partial charge in [0.05, 0.1) is 46.8 Å². The third-order valence-electron chi connectivity index (χ3n) is 1.38. The molecular formula is C11H22O6. The molecule has 0 spiro atoms. The number of aliphatic hydroxyl groups excluding tert-OH is 2. The van der Waals surface area contributed by atoms with Crippen molar-refractivity contribution in [3.63, 3.8) is 0 Å². The predicted octanol–water partition coefficient (Wildman–Crippen LogP) is -0.260. The Hall–Kier alpha value is -0.950. The molecule has 0 aromatic heterocycles. The maximum absolute atomic E-state index is 10.2. The van der Waals surface area contributed by atoms with Gasteiger partial charge in [-0.3, -0.25) is 0 Å². The van der Waals surface area contributed by atoms with E-state index in [9.17, 15) is 4.79 Å². The highest BCUT2D eigenvalue weighted by atomic mass is 16.5. The molecule has 0 saturated carbocycles. The van der Waals surface area contributed by atoms with E-state index in [0.29, 0.717) is 32.0 Å². The number of carbonyl (C=O) groups is 1. The Morgan fingerprint density at radius 3 is 1.65 bits per heavy atom. The molecule has 6 heteroatoms. The first-order chi connectivity index (χ1) is 8.09. The molecule has 0 aliphatic carbocycles. The monoisotopic (exact) mass is 250 g/mol. The van der Waals surface area contributed by atoms with Crippen LogP contribution in [0.2, 0.25) is 0 Å². The van der Waals surface area contributed by atoms with Gasteiger partial charge in [0, 0.05) is 5.57 Å². The summed E-state index contributed by atoms with van der Waals surface area (Å²) in [7, 11) is 1.33. The van der Waals surface area contributed by atoms with Crippen LogP contribution in [0.1, 0.15) is 6.92 Å². The van der Waals surface area contributed by atoms with Gasteiger partial charge >= 0.3 is 5.97 Å². The molecule has 0 saturated heterocycles. The molecule has 0 amide bonds. The van der Waals surface area contributed by atoms with E-state index >= 15 is 0 Å². The first kappa shape index (κ1) is 18.4. The lowest BCUT2D eigenvalue weighted by atomic mass is 10.4. The van der Waals surface area contributed by atoms with Gasteiger partial charge in [-0.15, -0.1) is 0 Å². The molecule has 0 aliphatic rings. The second kappa shape index (κ2) is 15.0. The smallest absolute Gasteiger partial charge is 0.332 e. The van der Waals surface area contributed by atoms with Crippen molar-refractivity contribution in [2.45, 2.75) is 6.92 Å². The number of esters is 1. The van der Waals surface area contributed by atoms with E-state index in [1.54, 1.807) is 6.92 Å². The predicted molar refractivity (Wildman–Crippen MR) is 62.6 cm³/mol. The van der Waals surface area contributed by atoms with Crippen molar-refractivity contribution in [3.8, 4) is 0 Å². The standard InChI is InChI=1S/C6H14O4.C5H8O2/c7-1-3-9-5-6-10-4-2-8;1-4(2)5(6)7-3/h7-8H,1-6H2;1H2,2-3H3. The van der Waals surface area contributed by atoms with Crippen LogP contribution in [0.15, 0.2) is 12.2 Å². The van der Waals surface area contributed by atoms with Crippen molar-refractivity contribution in [2.24, 2.45) is 0 Å². The third-order valence-corrected chi connectivity index (χ3v) is 1.38. The topological polar surface area (TPSA) is 85.2 Å². The minimum atomic E-state index is -0.347. The summed E-state index contributed by atoms with van der Waals surface area (Å²) in [5.74, 6) is -0.347. The van der Waals surface area contributed by atoms with Crippen LogP contribution < -0.4 is 0 Å². The van der Waals surface area contributed by atoms with Gasteiger partial charge in [-0.2, -0.15) is 0 Å². The molecule has 0 aromatic rings. The zero-order chi connectivity index (χ0) is 13.5. The summed E-state index contributed by atoms with van der Waals surface area (Å²) in [5, 5.41) is 16.5. The number of rotatable bonds is 8. The van der Waals surface area contributed by atoms with Crippen molar-refractivity contribution in [3.05, 3.63) is 12.2 Å². The quantitative estimate of drug-likeness (QED) is 0.351. The Labute approximate surface area is 102 Å². The van der Waals surface area contributed by atoms with Gasteiger partial charge in [0.25, 0.3) is 0 Å². The number of hydrogen-bond acceptors (Lipinski definition) is 6. The van der Waals surface area contributed by atoms with Gasteiger partial charge in [-0.25, -0.2) is 4.79 Å². The number of ether oxygens (including phenoxy) is 3. The van der Waals surface area contributed by atoms with E-state index in [4.69, 9.17) is 19.7 Å². The zero-order valence-corrected chi connectivity index (χ0v) is 10.5. The second-order valence-corrected chi connectivity index (χ2v) is 2.94. The fraction of sp³-hybridized carbons (Fsp3) is 0.727.